The fraction of sp³-hybridized carbons (Fsp3) is 0.267. The van der Waals surface area contributed by atoms with Gasteiger partial charge in [0.15, 0.2) is 11.6 Å². The smallest absolute Gasteiger partial charge is 0.174 e. The molecular weight excluding hydrogens is 525 g/mol. The molecule has 3 heterocycles. The Hall–Kier alpha value is -4.39. The van der Waals surface area contributed by atoms with E-state index in [0.717, 1.165) is 50.3 Å². The highest BCUT2D eigenvalue weighted by Crippen LogP contribution is 2.45. The van der Waals surface area contributed by atoms with E-state index in [1.54, 1.807) is 0 Å². The summed E-state index contributed by atoms with van der Waals surface area (Å²) in [5, 5.41) is 13.7. The quantitative estimate of drug-likeness (QED) is 0.200. The minimum absolute atomic E-state index is 0.00306. The molecule has 1 unspecified atom stereocenters. The van der Waals surface area contributed by atoms with Gasteiger partial charge >= 0.3 is 0 Å². The normalized spacial score (nSPS) is 20.4. The van der Waals surface area contributed by atoms with Gasteiger partial charge in [0.2, 0.25) is 0 Å². The van der Waals surface area contributed by atoms with Crippen LogP contribution in [-0.4, -0.2) is 21.0 Å². The Bertz CT molecular complexity index is 1860. The summed E-state index contributed by atoms with van der Waals surface area (Å²) >= 11 is 0. The Morgan fingerprint density at radius 1 is 0.825 bits per heavy atom. The zero-order chi connectivity index (χ0) is 27.7. The van der Waals surface area contributed by atoms with Crippen molar-refractivity contribution in [1.29, 1.82) is 5.26 Å². The fourth-order valence-corrected chi connectivity index (χ4v) is 6.66. The van der Waals surface area contributed by atoms with Crippen LogP contribution in [0.2, 0.25) is 0 Å². The van der Waals surface area contributed by atoms with Gasteiger partial charge in [-0.15, -0.1) is 0 Å². The molecule has 2 bridgehead atoms. The topological polar surface area (TPSA) is 80.3 Å². The molecule has 0 amide bonds. The van der Waals surface area contributed by atoms with E-state index in [4.69, 9.17) is 0 Å². The van der Waals surface area contributed by atoms with E-state index < -0.39 is 29.1 Å². The van der Waals surface area contributed by atoms with Crippen molar-refractivity contribution in [2.45, 2.75) is 38.1 Å². The zero-order valence-electron chi connectivity index (χ0n) is 21.0. The van der Waals surface area contributed by atoms with Crippen molar-refractivity contribution in [3.63, 3.8) is 0 Å². The van der Waals surface area contributed by atoms with Crippen molar-refractivity contribution in [2.24, 2.45) is 11.8 Å². The van der Waals surface area contributed by atoms with Crippen molar-refractivity contribution in [3.05, 3.63) is 71.3 Å². The third-order valence-corrected chi connectivity index (χ3v) is 8.56. The van der Waals surface area contributed by atoms with Gasteiger partial charge in [-0.25, -0.2) is 26.9 Å². The van der Waals surface area contributed by atoms with Gasteiger partial charge < -0.3 is 15.3 Å². The lowest BCUT2D eigenvalue weighted by Crippen LogP contribution is -2.40. The summed E-state index contributed by atoms with van der Waals surface area (Å²) in [5.41, 5.74) is -0.238. The van der Waals surface area contributed by atoms with Gasteiger partial charge in [0.05, 0.1) is 22.3 Å². The number of pyridine rings is 1. The van der Waals surface area contributed by atoms with Crippen molar-refractivity contribution < 1.29 is 22.0 Å². The molecule has 1 atom stereocenters. The van der Waals surface area contributed by atoms with E-state index in [0.29, 0.717) is 17.9 Å². The number of nitrogens with one attached hydrogen (secondary N) is 3. The van der Waals surface area contributed by atoms with Crippen LogP contribution in [0.1, 0.15) is 37.7 Å². The number of nitriles is 1. The van der Waals surface area contributed by atoms with Gasteiger partial charge in [-0.2, -0.15) is 5.26 Å². The first kappa shape index (κ1) is 24.6. The Balaban J connectivity index is 1.50. The van der Waals surface area contributed by atoms with Gasteiger partial charge in [-0.05, 0) is 43.2 Å². The standard InChI is InChI=1S/C30H22F5N5/c31-15-6-17-20(11-37-28(17)22(33)8-15)25-19(10-36)27(21-12-38-29-18(21)7-16(32)9-23(29)34)40-30(26(25)35)39-24-5-13-1-3-14(24)4-2-13/h6-9,11-14,24,37-38H,1-5H2,(H,39,40). The molecule has 8 rings (SSSR count). The second-order valence-corrected chi connectivity index (χ2v) is 10.8. The number of fused-ring (bicyclic) bond motifs is 5. The third-order valence-electron chi connectivity index (χ3n) is 8.56. The number of H-pyrrole nitrogens is 2. The predicted octanol–water partition coefficient (Wildman–Crippen LogP) is 7.94. The number of halogens is 5. The summed E-state index contributed by atoms with van der Waals surface area (Å²) in [6.45, 7) is 0. The van der Waals surface area contributed by atoms with Gasteiger partial charge in [-0.1, -0.05) is 12.8 Å². The van der Waals surface area contributed by atoms with E-state index in [1.165, 1.54) is 12.4 Å². The molecule has 40 heavy (non-hydrogen) atoms. The van der Waals surface area contributed by atoms with Crippen LogP contribution < -0.4 is 5.32 Å². The van der Waals surface area contributed by atoms with E-state index in [2.05, 4.69) is 20.3 Å². The Kier molecular flexibility index (Phi) is 5.59. The van der Waals surface area contributed by atoms with Crippen LogP contribution in [0.25, 0.3) is 44.2 Å². The first-order valence-electron chi connectivity index (χ1n) is 13.2. The minimum Gasteiger partial charge on any atom is -0.365 e. The fourth-order valence-electron chi connectivity index (χ4n) is 6.66. The summed E-state index contributed by atoms with van der Waals surface area (Å²) in [6.07, 6.45) is 7.84. The maximum atomic E-state index is 16.5. The molecule has 0 aliphatic heterocycles. The monoisotopic (exact) mass is 547 g/mol. The molecule has 3 aliphatic rings. The number of hydrogen-bond acceptors (Lipinski definition) is 3. The van der Waals surface area contributed by atoms with E-state index in [9.17, 15) is 22.8 Å². The van der Waals surface area contributed by atoms with Gasteiger partial charge in [0.25, 0.3) is 0 Å². The first-order valence-corrected chi connectivity index (χ1v) is 13.2. The SMILES string of the molecule is N#Cc1c(-c2c[nH]c3c(F)cc(F)cc23)nc(NC2CC3CCC2CC3)c(F)c1-c1c[nH]c2c(F)cc(F)cc12. The lowest BCUT2D eigenvalue weighted by atomic mass is 9.68. The number of anilines is 1. The third kappa shape index (κ3) is 3.75. The molecule has 3 saturated carbocycles. The molecule has 3 aromatic heterocycles. The van der Waals surface area contributed by atoms with Crippen LogP contribution in [0.3, 0.4) is 0 Å². The van der Waals surface area contributed by atoms with Crippen LogP contribution in [-0.2, 0) is 0 Å². The van der Waals surface area contributed by atoms with Crippen LogP contribution in [0.5, 0.6) is 0 Å². The first-order chi connectivity index (χ1) is 19.3. The van der Waals surface area contributed by atoms with Crippen molar-refractivity contribution in [1.82, 2.24) is 15.0 Å². The number of rotatable bonds is 4. The molecule has 0 spiro atoms. The zero-order valence-corrected chi connectivity index (χ0v) is 21.0. The highest BCUT2D eigenvalue weighted by molar-refractivity contribution is 6.02. The van der Waals surface area contributed by atoms with Crippen LogP contribution in [0.4, 0.5) is 27.8 Å². The van der Waals surface area contributed by atoms with Crippen molar-refractivity contribution in [2.75, 3.05) is 5.32 Å². The second kappa shape index (κ2) is 9.08. The lowest BCUT2D eigenvalue weighted by Gasteiger charge is -2.42. The van der Waals surface area contributed by atoms with E-state index in [1.807, 2.05) is 6.07 Å². The Morgan fingerprint density at radius 3 is 2.00 bits per heavy atom. The molecule has 5 nitrogen and oxygen atoms in total. The van der Waals surface area contributed by atoms with Crippen LogP contribution in [0.15, 0.2) is 36.7 Å². The highest BCUT2D eigenvalue weighted by atomic mass is 19.1. The van der Waals surface area contributed by atoms with Gasteiger partial charge in [0.1, 0.15) is 29.3 Å². The summed E-state index contributed by atoms with van der Waals surface area (Å²) in [7, 11) is 0. The van der Waals surface area contributed by atoms with Crippen molar-refractivity contribution >= 4 is 27.6 Å². The number of nitrogens with zero attached hydrogens (tertiary/aromatic N) is 2. The largest absolute Gasteiger partial charge is 0.365 e. The Labute approximate surface area is 225 Å². The molecule has 3 aliphatic carbocycles. The maximum absolute atomic E-state index is 16.5. The van der Waals surface area contributed by atoms with Crippen LogP contribution >= 0.6 is 0 Å². The molecular formula is C30H22F5N5. The second-order valence-electron chi connectivity index (χ2n) is 10.8. The van der Waals surface area contributed by atoms with Crippen molar-refractivity contribution in [3.8, 4) is 28.5 Å². The van der Waals surface area contributed by atoms with Gasteiger partial charge in [-0.3, -0.25) is 0 Å². The molecule has 2 aromatic carbocycles. The average Bonchev–Trinajstić information content (AvgIpc) is 3.55. The summed E-state index contributed by atoms with van der Waals surface area (Å²) < 4.78 is 74.1. The molecule has 202 valence electrons. The average molecular weight is 548 g/mol. The Morgan fingerprint density at radius 2 is 1.43 bits per heavy atom. The number of aromatic nitrogens is 3. The summed E-state index contributed by atoms with van der Waals surface area (Å²) in [4.78, 5) is 10.0. The summed E-state index contributed by atoms with van der Waals surface area (Å²) in [5.74, 6) is -3.49. The highest BCUT2D eigenvalue weighted by Gasteiger charge is 2.37. The molecule has 10 heteroatoms. The minimum atomic E-state index is -0.867. The van der Waals surface area contributed by atoms with Crippen LogP contribution in [0, 0.1) is 52.3 Å². The molecule has 0 radical (unpaired) electrons. The number of hydrogen-bond donors (Lipinski definition) is 3. The predicted molar refractivity (Wildman–Crippen MR) is 141 cm³/mol. The van der Waals surface area contributed by atoms with E-state index >= 15 is 4.39 Å². The number of aromatic amines is 2. The summed E-state index contributed by atoms with van der Waals surface area (Å²) in [6, 6.07) is 5.57. The molecule has 3 fully saturated rings. The maximum Gasteiger partial charge on any atom is 0.174 e. The molecule has 3 N–H and O–H groups in total. The lowest BCUT2D eigenvalue weighted by molar-refractivity contribution is 0.157. The molecule has 0 saturated heterocycles. The molecule has 5 aromatic rings. The van der Waals surface area contributed by atoms with E-state index in [-0.39, 0.29) is 61.6 Å². The number of benzene rings is 2. The van der Waals surface area contributed by atoms with Gasteiger partial charge in [0, 0.05) is 58.0 Å².